The zero-order valence-electron chi connectivity index (χ0n) is 12.3. The van der Waals surface area contributed by atoms with Crippen LogP contribution < -0.4 is 10.6 Å². The van der Waals surface area contributed by atoms with Crippen LogP contribution in [0.5, 0.6) is 0 Å². The van der Waals surface area contributed by atoms with E-state index in [1.165, 1.54) is 36.7 Å². The lowest BCUT2D eigenvalue weighted by molar-refractivity contribution is 0.102. The lowest BCUT2D eigenvalue weighted by Gasteiger charge is -2.07. The molecule has 1 heterocycles. The first-order valence-corrected chi connectivity index (χ1v) is 7.39. The Morgan fingerprint density at radius 3 is 2.12 bits per heavy atom. The van der Waals surface area contributed by atoms with Crippen LogP contribution in [0.15, 0.2) is 60.9 Å². The van der Waals surface area contributed by atoms with Gasteiger partial charge in [0.1, 0.15) is 5.82 Å². The van der Waals surface area contributed by atoms with Gasteiger partial charge in [-0.2, -0.15) is 0 Å². The number of carbonyl (C=O) groups excluding carboxylic acids is 1. The second-order valence-electron chi connectivity index (χ2n) is 4.89. The van der Waals surface area contributed by atoms with E-state index in [1.54, 1.807) is 24.3 Å². The molecular formula is C17H12ClFN4O. The number of aromatic nitrogens is 2. The number of hydrogen-bond donors (Lipinski definition) is 2. The minimum atomic E-state index is -0.375. The van der Waals surface area contributed by atoms with E-state index >= 15 is 0 Å². The number of amides is 1. The molecule has 0 aliphatic carbocycles. The minimum absolute atomic E-state index is 0.293. The molecule has 2 N–H and O–H groups in total. The summed E-state index contributed by atoms with van der Waals surface area (Å²) >= 11 is 5.82. The van der Waals surface area contributed by atoms with Gasteiger partial charge in [0, 0.05) is 28.8 Å². The predicted octanol–water partition coefficient (Wildman–Crippen LogP) is 4.27. The maximum Gasteiger partial charge on any atom is 0.258 e. The van der Waals surface area contributed by atoms with E-state index < -0.39 is 0 Å². The lowest BCUT2D eigenvalue weighted by atomic mass is 10.2. The third kappa shape index (κ3) is 4.05. The highest BCUT2D eigenvalue weighted by Crippen LogP contribution is 2.16. The standard InChI is InChI=1S/C17H12ClFN4O/c18-12-1-5-15(6-2-12)23-17-20-9-11(10-21-17)16(24)22-14-7-3-13(19)4-8-14/h1-10H,(H,22,24)(H,20,21,23). The van der Waals surface area contributed by atoms with E-state index in [4.69, 9.17) is 11.6 Å². The molecule has 0 fully saturated rings. The summed E-state index contributed by atoms with van der Waals surface area (Å²) < 4.78 is 12.8. The summed E-state index contributed by atoms with van der Waals surface area (Å²) in [6, 6.07) is 12.6. The molecule has 0 saturated carbocycles. The number of carbonyl (C=O) groups is 1. The number of hydrogen-bond acceptors (Lipinski definition) is 4. The van der Waals surface area contributed by atoms with Crippen molar-refractivity contribution >= 4 is 34.8 Å². The number of halogens is 2. The monoisotopic (exact) mass is 342 g/mol. The molecule has 0 spiro atoms. The largest absolute Gasteiger partial charge is 0.324 e. The Hall–Kier alpha value is -2.99. The predicted molar refractivity (Wildman–Crippen MR) is 91.1 cm³/mol. The van der Waals surface area contributed by atoms with Gasteiger partial charge in [-0.1, -0.05) is 11.6 Å². The average molecular weight is 343 g/mol. The van der Waals surface area contributed by atoms with Gasteiger partial charge < -0.3 is 10.6 Å². The van der Waals surface area contributed by atoms with Gasteiger partial charge in [0.2, 0.25) is 5.95 Å². The summed E-state index contributed by atoms with van der Waals surface area (Å²) in [5, 5.41) is 6.27. The number of benzene rings is 2. The van der Waals surface area contributed by atoms with Crippen molar-refractivity contribution in [1.82, 2.24) is 9.97 Å². The van der Waals surface area contributed by atoms with Crippen LogP contribution in [0.3, 0.4) is 0 Å². The van der Waals surface area contributed by atoms with Crippen molar-refractivity contribution in [3.8, 4) is 0 Å². The molecule has 3 rings (SSSR count). The van der Waals surface area contributed by atoms with Crippen molar-refractivity contribution in [2.45, 2.75) is 0 Å². The topological polar surface area (TPSA) is 66.9 Å². The van der Waals surface area contributed by atoms with Crippen LogP contribution in [0.4, 0.5) is 21.7 Å². The highest BCUT2D eigenvalue weighted by molar-refractivity contribution is 6.30. The zero-order valence-corrected chi connectivity index (χ0v) is 13.1. The first kappa shape index (κ1) is 15.9. The van der Waals surface area contributed by atoms with Crippen molar-refractivity contribution < 1.29 is 9.18 Å². The highest BCUT2D eigenvalue weighted by atomic mass is 35.5. The summed E-state index contributed by atoms with van der Waals surface area (Å²) in [7, 11) is 0. The number of anilines is 3. The Morgan fingerprint density at radius 2 is 1.50 bits per heavy atom. The minimum Gasteiger partial charge on any atom is -0.324 e. The van der Waals surface area contributed by atoms with Crippen molar-refractivity contribution in [2.24, 2.45) is 0 Å². The average Bonchev–Trinajstić information content (AvgIpc) is 2.59. The molecule has 3 aromatic rings. The Morgan fingerprint density at radius 1 is 0.917 bits per heavy atom. The van der Waals surface area contributed by atoms with Crippen molar-refractivity contribution in [1.29, 1.82) is 0 Å². The van der Waals surface area contributed by atoms with Crippen LogP contribution in [0.2, 0.25) is 5.02 Å². The molecule has 1 aromatic heterocycles. The van der Waals surface area contributed by atoms with Gasteiger partial charge in [-0.3, -0.25) is 4.79 Å². The molecule has 2 aromatic carbocycles. The second-order valence-corrected chi connectivity index (χ2v) is 5.32. The molecule has 0 aliphatic rings. The molecule has 24 heavy (non-hydrogen) atoms. The van der Waals surface area contributed by atoms with E-state index in [0.29, 0.717) is 22.2 Å². The lowest BCUT2D eigenvalue weighted by Crippen LogP contribution is -2.13. The number of rotatable bonds is 4. The van der Waals surface area contributed by atoms with E-state index in [9.17, 15) is 9.18 Å². The SMILES string of the molecule is O=C(Nc1ccc(F)cc1)c1cnc(Nc2ccc(Cl)cc2)nc1. The Labute approximate surface area is 142 Å². The first-order chi connectivity index (χ1) is 11.6. The van der Waals surface area contributed by atoms with Gasteiger partial charge in [-0.25, -0.2) is 14.4 Å². The van der Waals surface area contributed by atoms with Crippen LogP contribution in [0, 0.1) is 5.82 Å². The fourth-order valence-corrected chi connectivity index (χ4v) is 2.03. The molecule has 7 heteroatoms. The Kier molecular flexibility index (Phi) is 4.67. The van der Waals surface area contributed by atoms with Crippen LogP contribution in [0.25, 0.3) is 0 Å². The second kappa shape index (κ2) is 7.06. The quantitative estimate of drug-likeness (QED) is 0.743. The number of nitrogens with zero attached hydrogens (tertiary/aromatic N) is 2. The maximum absolute atomic E-state index is 12.8. The van der Waals surface area contributed by atoms with Crippen molar-refractivity contribution in [3.05, 3.63) is 77.3 Å². The van der Waals surface area contributed by atoms with Gasteiger partial charge in [0.25, 0.3) is 5.91 Å². The molecule has 0 bridgehead atoms. The van der Waals surface area contributed by atoms with Gasteiger partial charge in [-0.05, 0) is 48.5 Å². The maximum atomic E-state index is 12.8. The van der Waals surface area contributed by atoms with Gasteiger partial charge >= 0.3 is 0 Å². The smallest absolute Gasteiger partial charge is 0.258 e. The van der Waals surface area contributed by atoms with Crippen LogP contribution in [-0.4, -0.2) is 15.9 Å². The van der Waals surface area contributed by atoms with Crippen LogP contribution in [0.1, 0.15) is 10.4 Å². The van der Waals surface area contributed by atoms with Crippen LogP contribution in [-0.2, 0) is 0 Å². The van der Waals surface area contributed by atoms with Gasteiger partial charge in [0.05, 0.1) is 5.56 Å². The summed E-state index contributed by atoms with van der Waals surface area (Å²) in [4.78, 5) is 20.3. The molecule has 120 valence electrons. The van der Waals surface area contributed by atoms with Crippen molar-refractivity contribution in [2.75, 3.05) is 10.6 Å². The fraction of sp³-hybridized carbons (Fsp3) is 0. The molecule has 0 unspecified atom stereocenters. The van der Waals surface area contributed by atoms with E-state index in [0.717, 1.165) is 5.69 Å². The summed E-state index contributed by atoms with van der Waals surface area (Å²) in [5.74, 6) is -0.385. The van der Waals surface area contributed by atoms with Gasteiger partial charge in [-0.15, -0.1) is 0 Å². The Bertz CT molecular complexity index is 836. The summed E-state index contributed by atoms with van der Waals surface area (Å²) in [5.41, 5.74) is 1.56. The van der Waals surface area contributed by atoms with Gasteiger partial charge in [0.15, 0.2) is 0 Å². The van der Waals surface area contributed by atoms with Crippen LogP contribution >= 0.6 is 11.6 Å². The molecule has 1 amide bonds. The number of nitrogens with one attached hydrogen (secondary N) is 2. The third-order valence-corrected chi connectivity index (χ3v) is 3.37. The van der Waals surface area contributed by atoms with E-state index in [1.807, 2.05) is 0 Å². The van der Waals surface area contributed by atoms with Crippen molar-refractivity contribution in [3.63, 3.8) is 0 Å². The molecular weight excluding hydrogens is 331 g/mol. The summed E-state index contributed by atoms with van der Waals surface area (Å²) in [6.07, 6.45) is 2.81. The molecule has 0 aliphatic heterocycles. The fourth-order valence-electron chi connectivity index (χ4n) is 1.91. The highest BCUT2D eigenvalue weighted by Gasteiger charge is 2.08. The van der Waals surface area contributed by atoms with E-state index in [2.05, 4.69) is 20.6 Å². The van der Waals surface area contributed by atoms with E-state index in [-0.39, 0.29) is 11.7 Å². The molecule has 0 saturated heterocycles. The summed E-state index contributed by atoms with van der Waals surface area (Å²) in [6.45, 7) is 0. The normalized spacial score (nSPS) is 10.2. The zero-order chi connectivity index (χ0) is 16.9. The molecule has 5 nitrogen and oxygen atoms in total. The molecule has 0 radical (unpaired) electrons. The third-order valence-electron chi connectivity index (χ3n) is 3.12. The first-order valence-electron chi connectivity index (χ1n) is 7.02. The molecule has 0 atom stereocenters. The Balaban J connectivity index is 1.66.